The molecule has 4 nitrogen and oxygen atoms in total. The molecule has 0 unspecified atom stereocenters. The molecule has 0 radical (unpaired) electrons. The van der Waals surface area contributed by atoms with Crippen molar-refractivity contribution in [2.24, 2.45) is 0 Å². The molecule has 1 aromatic heterocycles. The topological polar surface area (TPSA) is 46.1 Å². The molecule has 5 heteroatoms. The van der Waals surface area contributed by atoms with Gasteiger partial charge in [-0.15, -0.1) is 0 Å². The summed E-state index contributed by atoms with van der Waals surface area (Å²) in [6.07, 6.45) is 5.80. The van der Waals surface area contributed by atoms with E-state index in [2.05, 4.69) is 9.97 Å². The summed E-state index contributed by atoms with van der Waals surface area (Å²) in [4.78, 5) is 21.5. The van der Waals surface area contributed by atoms with Crippen LogP contribution in [0.5, 0.6) is 0 Å². The van der Waals surface area contributed by atoms with Crippen LogP contribution in [0, 0.1) is 0 Å². The Morgan fingerprint density at radius 1 is 1.47 bits per heavy atom. The maximum atomic E-state index is 14.0. The van der Waals surface area contributed by atoms with Crippen molar-refractivity contribution in [2.45, 2.75) is 31.9 Å². The third-order valence-corrected chi connectivity index (χ3v) is 3.36. The van der Waals surface area contributed by atoms with E-state index >= 15 is 0 Å². The van der Waals surface area contributed by atoms with E-state index < -0.39 is 5.67 Å². The van der Waals surface area contributed by atoms with Crippen LogP contribution in [0.4, 0.5) is 4.39 Å². The molecule has 1 aromatic rings. The summed E-state index contributed by atoms with van der Waals surface area (Å²) in [5, 5.41) is 0. The Kier molecular flexibility index (Phi) is 3.36. The Bertz CT molecular complexity index is 388. The van der Waals surface area contributed by atoms with Gasteiger partial charge in [0.2, 0.25) is 0 Å². The monoisotopic (exact) mass is 237 g/mol. The van der Waals surface area contributed by atoms with E-state index in [1.807, 2.05) is 6.92 Å². The van der Waals surface area contributed by atoms with Gasteiger partial charge in [-0.1, -0.05) is 6.92 Å². The molecule has 0 spiro atoms. The first-order chi connectivity index (χ1) is 8.14. The standard InChI is InChI=1S/C12H16FN3O/c1-2-12(13)3-7-16(8-4-12)11(17)10-9-14-5-6-15-10/h5-6,9H,2-4,7-8H2,1H3. The molecule has 1 amide bonds. The molecule has 1 aliphatic rings. The fourth-order valence-electron chi connectivity index (χ4n) is 2.04. The minimum atomic E-state index is -1.10. The zero-order valence-electron chi connectivity index (χ0n) is 9.90. The summed E-state index contributed by atoms with van der Waals surface area (Å²) >= 11 is 0. The van der Waals surface area contributed by atoms with Gasteiger partial charge in [-0.3, -0.25) is 9.78 Å². The van der Waals surface area contributed by atoms with Gasteiger partial charge in [0.25, 0.3) is 5.91 Å². The summed E-state index contributed by atoms with van der Waals surface area (Å²) < 4.78 is 14.0. The third kappa shape index (κ3) is 2.60. The van der Waals surface area contributed by atoms with Gasteiger partial charge in [0.05, 0.1) is 6.20 Å². The van der Waals surface area contributed by atoms with Gasteiger partial charge in [-0.25, -0.2) is 9.37 Å². The molecule has 92 valence electrons. The Balaban J connectivity index is 2.00. The van der Waals surface area contributed by atoms with E-state index in [0.29, 0.717) is 38.0 Å². The molecule has 1 fully saturated rings. The zero-order chi connectivity index (χ0) is 12.3. The molecule has 0 N–H and O–H groups in total. The fourth-order valence-corrected chi connectivity index (χ4v) is 2.04. The molecule has 2 heterocycles. The van der Waals surface area contributed by atoms with E-state index in [0.717, 1.165) is 0 Å². The molecule has 1 aliphatic heterocycles. The molecular formula is C12H16FN3O. The number of piperidine rings is 1. The quantitative estimate of drug-likeness (QED) is 0.788. The van der Waals surface area contributed by atoms with Crippen molar-refractivity contribution >= 4 is 5.91 Å². The number of carbonyl (C=O) groups is 1. The third-order valence-electron chi connectivity index (χ3n) is 3.36. The summed E-state index contributed by atoms with van der Waals surface area (Å²) in [5.74, 6) is -0.156. The second-order valence-corrected chi connectivity index (χ2v) is 4.39. The number of amides is 1. The van der Waals surface area contributed by atoms with Crippen molar-refractivity contribution in [3.63, 3.8) is 0 Å². The minimum Gasteiger partial charge on any atom is -0.337 e. The van der Waals surface area contributed by atoms with Gasteiger partial charge in [0.15, 0.2) is 0 Å². The van der Waals surface area contributed by atoms with Crippen LogP contribution in [0.1, 0.15) is 36.7 Å². The number of likely N-dealkylation sites (tertiary alicyclic amines) is 1. The number of nitrogens with zero attached hydrogens (tertiary/aromatic N) is 3. The van der Waals surface area contributed by atoms with Crippen molar-refractivity contribution in [3.8, 4) is 0 Å². The Hall–Kier alpha value is -1.52. The Morgan fingerprint density at radius 2 is 2.18 bits per heavy atom. The van der Waals surface area contributed by atoms with Crippen LogP contribution in [-0.2, 0) is 0 Å². The highest BCUT2D eigenvalue weighted by atomic mass is 19.1. The smallest absolute Gasteiger partial charge is 0.274 e. The van der Waals surface area contributed by atoms with Crippen molar-refractivity contribution in [2.75, 3.05) is 13.1 Å². The number of rotatable bonds is 2. The van der Waals surface area contributed by atoms with Gasteiger partial charge in [0, 0.05) is 25.5 Å². The van der Waals surface area contributed by atoms with Crippen LogP contribution in [0.3, 0.4) is 0 Å². The summed E-state index contributed by atoms with van der Waals surface area (Å²) in [5.41, 5.74) is -0.769. The van der Waals surface area contributed by atoms with Crippen molar-refractivity contribution in [1.82, 2.24) is 14.9 Å². The average molecular weight is 237 g/mol. The Morgan fingerprint density at radius 3 is 2.71 bits per heavy atom. The zero-order valence-corrected chi connectivity index (χ0v) is 9.90. The SMILES string of the molecule is CCC1(F)CCN(C(=O)c2cnccn2)CC1. The van der Waals surface area contributed by atoms with Crippen molar-refractivity contribution < 1.29 is 9.18 Å². The predicted octanol–water partition coefficient (Wildman–Crippen LogP) is 1.83. The van der Waals surface area contributed by atoms with E-state index in [1.54, 1.807) is 4.90 Å². The van der Waals surface area contributed by atoms with Gasteiger partial charge in [-0.05, 0) is 19.3 Å². The largest absolute Gasteiger partial charge is 0.337 e. The normalized spacial score (nSPS) is 19.1. The summed E-state index contributed by atoms with van der Waals surface area (Å²) in [6.45, 7) is 2.76. The van der Waals surface area contributed by atoms with Gasteiger partial charge < -0.3 is 4.90 Å². The highest BCUT2D eigenvalue weighted by Crippen LogP contribution is 2.29. The number of hydrogen-bond donors (Lipinski definition) is 0. The van der Waals surface area contributed by atoms with Gasteiger partial charge >= 0.3 is 0 Å². The number of alkyl halides is 1. The number of carbonyl (C=O) groups excluding carboxylic acids is 1. The second kappa shape index (κ2) is 4.77. The number of halogens is 1. The van der Waals surface area contributed by atoms with Crippen LogP contribution in [0.15, 0.2) is 18.6 Å². The van der Waals surface area contributed by atoms with Crippen molar-refractivity contribution in [3.05, 3.63) is 24.3 Å². The lowest BCUT2D eigenvalue weighted by atomic mass is 9.91. The van der Waals surface area contributed by atoms with E-state index in [1.165, 1.54) is 18.6 Å². The van der Waals surface area contributed by atoms with Crippen LogP contribution >= 0.6 is 0 Å². The molecule has 0 saturated carbocycles. The summed E-state index contributed by atoms with van der Waals surface area (Å²) in [7, 11) is 0. The van der Waals surface area contributed by atoms with Gasteiger partial charge in [0.1, 0.15) is 11.4 Å². The average Bonchev–Trinajstić information content (AvgIpc) is 2.40. The van der Waals surface area contributed by atoms with E-state index in [4.69, 9.17) is 0 Å². The first-order valence-corrected chi connectivity index (χ1v) is 5.89. The molecule has 0 atom stereocenters. The van der Waals surface area contributed by atoms with Crippen molar-refractivity contribution in [1.29, 1.82) is 0 Å². The molecule has 0 aromatic carbocycles. The lowest BCUT2D eigenvalue weighted by Crippen LogP contribution is -2.44. The van der Waals surface area contributed by atoms with Crippen LogP contribution in [0.2, 0.25) is 0 Å². The van der Waals surface area contributed by atoms with Crippen LogP contribution in [0.25, 0.3) is 0 Å². The predicted molar refractivity (Wildman–Crippen MR) is 61.3 cm³/mol. The molecule has 1 saturated heterocycles. The fraction of sp³-hybridized carbons (Fsp3) is 0.583. The maximum Gasteiger partial charge on any atom is 0.274 e. The molecule has 2 rings (SSSR count). The Labute approximate surface area is 99.9 Å². The highest BCUT2D eigenvalue weighted by Gasteiger charge is 2.34. The minimum absolute atomic E-state index is 0.156. The first-order valence-electron chi connectivity index (χ1n) is 5.89. The lowest BCUT2D eigenvalue weighted by Gasteiger charge is -2.35. The maximum absolute atomic E-state index is 14.0. The van der Waals surface area contributed by atoms with E-state index in [9.17, 15) is 9.18 Å². The molecule has 0 aliphatic carbocycles. The first kappa shape index (κ1) is 12.0. The molecule has 17 heavy (non-hydrogen) atoms. The van der Waals surface area contributed by atoms with E-state index in [-0.39, 0.29) is 5.91 Å². The molecule has 0 bridgehead atoms. The lowest BCUT2D eigenvalue weighted by molar-refractivity contribution is 0.0415. The highest BCUT2D eigenvalue weighted by molar-refractivity contribution is 5.92. The summed E-state index contributed by atoms with van der Waals surface area (Å²) in [6, 6.07) is 0. The number of hydrogen-bond acceptors (Lipinski definition) is 3. The van der Waals surface area contributed by atoms with Crippen LogP contribution in [-0.4, -0.2) is 39.5 Å². The van der Waals surface area contributed by atoms with Crippen LogP contribution < -0.4 is 0 Å². The molecular weight excluding hydrogens is 221 g/mol. The van der Waals surface area contributed by atoms with Gasteiger partial charge in [-0.2, -0.15) is 0 Å². The number of aromatic nitrogens is 2. The second-order valence-electron chi connectivity index (χ2n) is 4.39.